The Labute approximate surface area is 181 Å². The van der Waals surface area contributed by atoms with Gasteiger partial charge in [-0.1, -0.05) is 48.5 Å². The number of aryl methyl sites for hydroxylation is 1. The SMILES string of the molecule is O=C(CCc1ccccc1)Nc1ccc2c(c1)N(CCOc1ccccc1)C(=O)CO2. The average molecular weight is 416 g/mol. The van der Waals surface area contributed by atoms with E-state index in [1.165, 1.54) is 0 Å². The number of hydrogen-bond donors (Lipinski definition) is 1. The normalized spacial score (nSPS) is 12.6. The van der Waals surface area contributed by atoms with Crippen molar-refractivity contribution in [3.05, 3.63) is 84.4 Å². The van der Waals surface area contributed by atoms with Gasteiger partial charge >= 0.3 is 0 Å². The first-order valence-corrected chi connectivity index (χ1v) is 10.3. The van der Waals surface area contributed by atoms with Crippen molar-refractivity contribution in [3.63, 3.8) is 0 Å². The topological polar surface area (TPSA) is 67.9 Å². The van der Waals surface area contributed by atoms with Gasteiger partial charge < -0.3 is 19.7 Å². The van der Waals surface area contributed by atoms with Gasteiger partial charge in [0, 0.05) is 12.1 Å². The summed E-state index contributed by atoms with van der Waals surface area (Å²) in [4.78, 5) is 26.5. The van der Waals surface area contributed by atoms with Gasteiger partial charge in [0.2, 0.25) is 5.91 Å². The molecule has 3 aromatic carbocycles. The number of ether oxygens (including phenoxy) is 2. The molecule has 0 radical (unpaired) electrons. The van der Waals surface area contributed by atoms with E-state index in [9.17, 15) is 9.59 Å². The van der Waals surface area contributed by atoms with Gasteiger partial charge in [-0.2, -0.15) is 0 Å². The summed E-state index contributed by atoms with van der Waals surface area (Å²) in [7, 11) is 0. The van der Waals surface area contributed by atoms with Crippen molar-refractivity contribution in [2.45, 2.75) is 12.8 Å². The number of benzene rings is 3. The van der Waals surface area contributed by atoms with Crippen LogP contribution in [0.4, 0.5) is 11.4 Å². The molecule has 6 heteroatoms. The van der Waals surface area contributed by atoms with Crippen LogP contribution in [0.25, 0.3) is 0 Å². The fourth-order valence-electron chi connectivity index (χ4n) is 3.42. The van der Waals surface area contributed by atoms with Crippen molar-refractivity contribution < 1.29 is 19.1 Å². The summed E-state index contributed by atoms with van der Waals surface area (Å²) in [6.45, 7) is 0.722. The Morgan fingerprint density at radius 2 is 1.74 bits per heavy atom. The summed E-state index contributed by atoms with van der Waals surface area (Å²) >= 11 is 0. The third-order valence-electron chi connectivity index (χ3n) is 5.00. The molecule has 4 rings (SSSR count). The first-order valence-electron chi connectivity index (χ1n) is 10.3. The van der Waals surface area contributed by atoms with Gasteiger partial charge in [-0.05, 0) is 42.3 Å². The Morgan fingerprint density at radius 3 is 2.52 bits per heavy atom. The van der Waals surface area contributed by atoms with Gasteiger partial charge in [0.1, 0.15) is 18.1 Å². The molecule has 3 aromatic rings. The number of carbonyl (C=O) groups is 2. The number of amides is 2. The summed E-state index contributed by atoms with van der Waals surface area (Å²) in [5, 5.41) is 2.92. The van der Waals surface area contributed by atoms with E-state index in [-0.39, 0.29) is 18.4 Å². The maximum atomic E-state index is 12.5. The highest BCUT2D eigenvalue weighted by atomic mass is 16.5. The van der Waals surface area contributed by atoms with Crippen molar-refractivity contribution in [2.24, 2.45) is 0 Å². The number of rotatable bonds is 8. The molecule has 0 aromatic heterocycles. The van der Waals surface area contributed by atoms with Crippen LogP contribution in [0.2, 0.25) is 0 Å². The highest BCUT2D eigenvalue weighted by Crippen LogP contribution is 2.34. The van der Waals surface area contributed by atoms with E-state index < -0.39 is 0 Å². The van der Waals surface area contributed by atoms with Crippen molar-refractivity contribution in [3.8, 4) is 11.5 Å². The minimum absolute atomic E-state index is 0.0128. The molecule has 158 valence electrons. The molecular weight excluding hydrogens is 392 g/mol. The quantitative estimate of drug-likeness (QED) is 0.601. The Morgan fingerprint density at radius 1 is 1.00 bits per heavy atom. The van der Waals surface area contributed by atoms with Crippen LogP contribution >= 0.6 is 0 Å². The monoisotopic (exact) mass is 416 g/mol. The number of hydrogen-bond acceptors (Lipinski definition) is 4. The van der Waals surface area contributed by atoms with Crippen LogP contribution in [0, 0.1) is 0 Å². The highest BCUT2D eigenvalue weighted by Gasteiger charge is 2.26. The van der Waals surface area contributed by atoms with Crippen molar-refractivity contribution in [1.29, 1.82) is 0 Å². The van der Waals surface area contributed by atoms with Crippen LogP contribution in [-0.2, 0) is 16.0 Å². The lowest BCUT2D eigenvalue weighted by Crippen LogP contribution is -2.41. The number of fused-ring (bicyclic) bond motifs is 1. The van der Waals surface area contributed by atoms with E-state index in [2.05, 4.69) is 5.32 Å². The second kappa shape index (κ2) is 9.80. The highest BCUT2D eigenvalue weighted by molar-refractivity contribution is 5.99. The predicted octanol–water partition coefficient (Wildman–Crippen LogP) is 4.06. The third-order valence-corrected chi connectivity index (χ3v) is 5.00. The van der Waals surface area contributed by atoms with E-state index in [1.54, 1.807) is 23.1 Å². The number of anilines is 2. The molecule has 0 atom stereocenters. The van der Waals surface area contributed by atoms with E-state index in [1.807, 2.05) is 60.7 Å². The van der Waals surface area contributed by atoms with Crippen LogP contribution in [0.5, 0.6) is 11.5 Å². The molecule has 1 heterocycles. The van der Waals surface area contributed by atoms with E-state index in [4.69, 9.17) is 9.47 Å². The van der Waals surface area contributed by atoms with Crippen LogP contribution in [-0.4, -0.2) is 31.6 Å². The Bertz CT molecular complexity index is 1040. The molecule has 2 amide bonds. The number of carbonyl (C=O) groups excluding carboxylic acids is 2. The van der Waals surface area contributed by atoms with E-state index in [0.29, 0.717) is 43.1 Å². The molecule has 0 unspecified atom stereocenters. The van der Waals surface area contributed by atoms with Crippen LogP contribution in [0.3, 0.4) is 0 Å². The lowest BCUT2D eigenvalue weighted by Gasteiger charge is -2.29. The van der Waals surface area contributed by atoms with Gasteiger partial charge in [0.05, 0.1) is 12.2 Å². The second-order valence-electron chi connectivity index (χ2n) is 7.21. The van der Waals surface area contributed by atoms with Gasteiger partial charge in [-0.25, -0.2) is 0 Å². The van der Waals surface area contributed by atoms with Crippen LogP contribution in [0.1, 0.15) is 12.0 Å². The summed E-state index contributed by atoms with van der Waals surface area (Å²) in [5.74, 6) is 1.15. The van der Waals surface area contributed by atoms with Crippen molar-refractivity contribution in [1.82, 2.24) is 0 Å². The lowest BCUT2D eigenvalue weighted by molar-refractivity contribution is -0.121. The number of para-hydroxylation sites is 1. The Hall–Kier alpha value is -3.80. The third kappa shape index (κ3) is 5.42. The molecule has 0 saturated heterocycles. The molecule has 1 N–H and O–H groups in total. The van der Waals surface area contributed by atoms with Gasteiger partial charge in [-0.3, -0.25) is 9.59 Å². The smallest absolute Gasteiger partial charge is 0.265 e. The molecule has 31 heavy (non-hydrogen) atoms. The zero-order chi connectivity index (χ0) is 21.5. The minimum atomic E-state index is -0.142. The van der Waals surface area contributed by atoms with E-state index in [0.717, 1.165) is 11.3 Å². The maximum absolute atomic E-state index is 12.5. The Balaban J connectivity index is 1.39. The first kappa shape index (κ1) is 20.5. The standard InChI is InChI=1S/C25H24N2O4/c28-24(14-11-19-7-3-1-4-8-19)26-20-12-13-23-22(17-20)27(25(29)18-31-23)15-16-30-21-9-5-2-6-10-21/h1-10,12-13,17H,11,14-16,18H2,(H,26,28). The molecule has 0 aliphatic carbocycles. The summed E-state index contributed by atoms with van der Waals surface area (Å²) < 4.78 is 11.3. The lowest BCUT2D eigenvalue weighted by atomic mass is 10.1. The number of nitrogens with one attached hydrogen (secondary N) is 1. The van der Waals surface area contributed by atoms with Crippen molar-refractivity contribution in [2.75, 3.05) is 30.0 Å². The molecule has 6 nitrogen and oxygen atoms in total. The van der Waals surface area contributed by atoms with Crippen molar-refractivity contribution >= 4 is 23.2 Å². The zero-order valence-corrected chi connectivity index (χ0v) is 17.1. The Kier molecular flexibility index (Phi) is 6.47. The van der Waals surface area contributed by atoms with Gasteiger partial charge in [0.15, 0.2) is 6.61 Å². The molecule has 0 bridgehead atoms. The maximum Gasteiger partial charge on any atom is 0.265 e. The molecule has 0 spiro atoms. The predicted molar refractivity (Wildman–Crippen MR) is 120 cm³/mol. The molecular formula is C25H24N2O4. The summed E-state index contributed by atoms with van der Waals surface area (Å²) in [5.41, 5.74) is 2.38. The average Bonchev–Trinajstić information content (AvgIpc) is 2.80. The van der Waals surface area contributed by atoms with E-state index >= 15 is 0 Å². The van der Waals surface area contributed by atoms with Crippen LogP contribution < -0.4 is 19.7 Å². The minimum Gasteiger partial charge on any atom is -0.492 e. The summed E-state index contributed by atoms with van der Waals surface area (Å²) in [6.07, 6.45) is 1.05. The zero-order valence-electron chi connectivity index (χ0n) is 17.1. The van der Waals surface area contributed by atoms with Gasteiger partial charge in [0.25, 0.3) is 5.91 Å². The molecule has 0 fully saturated rings. The molecule has 1 aliphatic heterocycles. The first-order chi connectivity index (χ1) is 15.2. The molecule has 0 saturated carbocycles. The fourth-order valence-corrected chi connectivity index (χ4v) is 3.42. The second-order valence-corrected chi connectivity index (χ2v) is 7.21. The largest absolute Gasteiger partial charge is 0.492 e. The molecule has 1 aliphatic rings. The number of nitrogens with zero attached hydrogens (tertiary/aromatic N) is 1. The fraction of sp³-hybridized carbons (Fsp3) is 0.200. The van der Waals surface area contributed by atoms with Crippen LogP contribution in [0.15, 0.2) is 78.9 Å². The van der Waals surface area contributed by atoms with Gasteiger partial charge in [-0.15, -0.1) is 0 Å². The summed E-state index contributed by atoms with van der Waals surface area (Å²) in [6, 6.07) is 24.7.